The van der Waals surface area contributed by atoms with Crippen LogP contribution < -0.4 is 0 Å². The van der Waals surface area contributed by atoms with Crippen LogP contribution in [0.1, 0.15) is 27.9 Å². The van der Waals surface area contributed by atoms with Crippen molar-refractivity contribution in [3.05, 3.63) is 34.9 Å². The van der Waals surface area contributed by atoms with Crippen LogP contribution in [-0.2, 0) is 17.6 Å². The van der Waals surface area contributed by atoms with Gasteiger partial charge in [0.15, 0.2) is 10.9 Å². The molecule has 0 amide bonds. The van der Waals surface area contributed by atoms with Gasteiger partial charge in [-0.25, -0.2) is 0 Å². The topological polar surface area (TPSA) is 34.1 Å². The first-order valence-corrected chi connectivity index (χ1v) is 4.98. The van der Waals surface area contributed by atoms with E-state index in [4.69, 9.17) is 0 Å². The molecule has 0 radical (unpaired) electrons. The Morgan fingerprint density at radius 2 is 2.14 bits per heavy atom. The summed E-state index contributed by atoms with van der Waals surface area (Å²) in [6.07, 6.45) is 1.75. The highest BCUT2D eigenvalue weighted by Crippen LogP contribution is 2.23. The third kappa shape index (κ3) is 1.73. The number of aryl methyl sites for hydroxylation is 1. The monoisotopic (exact) mass is 206 g/mol. The van der Waals surface area contributed by atoms with Crippen LogP contribution in [-0.4, -0.2) is 10.9 Å². The van der Waals surface area contributed by atoms with Crippen molar-refractivity contribution in [1.82, 2.24) is 0 Å². The van der Waals surface area contributed by atoms with E-state index in [2.05, 4.69) is 12.6 Å². The van der Waals surface area contributed by atoms with Crippen LogP contribution in [0.5, 0.6) is 0 Å². The molecule has 2 nitrogen and oxygen atoms in total. The number of ketones is 1. The molecular formula is C11H10O2S. The van der Waals surface area contributed by atoms with Gasteiger partial charge in [0.25, 0.3) is 0 Å². The maximum Gasteiger partial charge on any atom is 0.190 e. The van der Waals surface area contributed by atoms with Crippen molar-refractivity contribution in [3.63, 3.8) is 0 Å². The highest BCUT2D eigenvalue weighted by atomic mass is 32.1. The Kier molecular flexibility index (Phi) is 2.42. The van der Waals surface area contributed by atoms with E-state index in [0.717, 1.165) is 23.1 Å². The summed E-state index contributed by atoms with van der Waals surface area (Å²) in [4.78, 5) is 22.1. The summed E-state index contributed by atoms with van der Waals surface area (Å²) in [5.41, 5.74) is 2.83. The van der Waals surface area contributed by atoms with E-state index >= 15 is 0 Å². The van der Waals surface area contributed by atoms with Gasteiger partial charge in [-0.3, -0.25) is 9.59 Å². The molecule has 0 bridgehead atoms. The van der Waals surface area contributed by atoms with Crippen molar-refractivity contribution in [2.24, 2.45) is 0 Å². The third-order valence-corrected chi connectivity index (χ3v) is 2.60. The predicted molar refractivity (Wildman–Crippen MR) is 56.8 cm³/mol. The summed E-state index contributed by atoms with van der Waals surface area (Å²) in [6.45, 7) is 0. The van der Waals surface area contributed by atoms with Crippen LogP contribution in [0.15, 0.2) is 18.2 Å². The van der Waals surface area contributed by atoms with Crippen LogP contribution in [0.2, 0.25) is 0 Å². The first-order chi connectivity index (χ1) is 6.66. The van der Waals surface area contributed by atoms with Crippen molar-refractivity contribution >= 4 is 23.5 Å². The van der Waals surface area contributed by atoms with Crippen LogP contribution >= 0.6 is 12.6 Å². The van der Waals surface area contributed by atoms with Gasteiger partial charge in [0.1, 0.15) is 0 Å². The fourth-order valence-electron chi connectivity index (χ4n) is 1.79. The van der Waals surface area contributed by atoms with Crippen molar-refractivity contribution in [2.75, 3.05) is 0 Å². The zero-order valence-electron chi connectivity index (χ0n) is 7.62. The van der Waals surface area contributed by atoms with Crippen LogP contribution in [0.3, 0.4) is 0 Å². The quantitative estimate of drug-likeness (QED) is 0.749. The number of carbonyl (C=O) groups is 2. The molecule has 0 fully saturated rings. The van der Waals surface area contributed by atoms with E-state index < -0.39 is 0 Å². The molecule has 1 aromatic rings. The second kappa shape index (κ2) is 3.58. The van der Waals surface area contributed by atoms with E-state index in [1.54, 1.807) is 0 Å². The van der Waals surface area contributed by atoms with Crippen molar-refractivity contribution in [1.29, 1.82) is 0 Å². The van der Waals surface area contributed by atoms with Gasteiger partial charge in [0.05, 0.1) is 0 Å². The third-order valence-electron chi connectivity index (χ3n) is 2.45. The number of Topliss-reactive ketones (excluding diaryl/α,β-unsaturated/α-hetero) is 1. The van der Waals surface area contributed by atoms with E-state index in [0.29, 0.717) is 12.8 Å². The minimum Gasteiger partial charge on any atom is -0.294 e. The average molecular weight is 206 g/mol. The molecule has 0 unspecified atom stereocenters. The van der Waals surface area contributed by atoms with E-state index in [1.165, 1.54) is 0 Å². The van der Waals surface area contributed by atoms with Crippen molar-refractivity contribution in [2.45, 2.75) is 19.3 Å². The highest BCUT2D eigenvalue weighted by molar-refractivity contribution is 7.96. The zero-order valence-corrected chi connectivity index (χ0v) is 8.51. The average Bonchev–Trinajstić information content (AvgIpc) is 2.46. The number of hydrogen-bond acceptors (Lipinski definition) is 2. The Bertz CT molecular complexity index is 410. The lowest BCUT2D eigenvalue weighted by Crippen LogP contribution is -1.96. The van der Waals surface area contributed by atoms with E-state index in [9.17, 15) is 9.59 Å². The molecule has 0 aromatic heterocycles. The standard InChI is InChI=1S/C11H10O2S/c12-10-4-2-8-5-7(6-11(13)14)1-3-9(8)10/h1,3,5H,2,4,6H2,(H,13,14). The summed E-state index contributed by atoms with van der Waals surface area (Å²) >= 11 is 3.73. The maximum atomic E-state index is 11.3. The maximum absolute atomic E-state index is 11.3. The SMILES string of the molecule is O=C(S)Cc1ccc2c(c1)CCC2=O. The Hall–Kier alpha value is -1.09. The number of fused-ring (bicyclic) bond motifs is 1. The molecule has 1 aliphatic carbocycles. The molecular weight excluding hydrogens is 196 g/mol. The van der Waals surface area contributed by atoms with Crippen molar-refractivity contribution in [3.8, 4) is 0 Å². The molecule has 0 saturated carbocycles. The molecule has 0 heterocycles. The molecule has 0 aliphatic heterocycles. The van der Waals surface area contributed by atoms with Gasteiger partial charge < -0.3 is 0 Å². The van der Waals surface area contributed by atoms with Gasteiger partial charge in [-0.1, -0.05) is 18.2 Å². The fourth-order valence-corrected chi connectivity index (χ4v) is 1.98. The van der Waals surface area contributed by atoms with Crippen LogP contribution in [0.25, 0.3) is 0 Å². The summed E-state index contributed by atoms with van der Waals surface area (Å²) < 4.78 is 0. The largest absolute Gasteiger partial charge is 0.294 e. The Morgan fingerprint density at radius 1 is 1.36 bits per heavy atom. The molecule has 0 spiro atoms. The van der Waals surface area contributed by atoms with Gasteiger partial charge >= 0.3 is 0 Å². The lowest BCUT2D eigenvalue weighted by Gasteiger charge is -2.01. The molecule has 14 heavy (non-hydrogen) atoms. The summed E-state index contributed by atoms with van der Waals surface area (Å²) in [7, 11) is 0. The number of benzene rings is 1. The predicted octanol–water partition coefficient (Wildman–Crippen LogP) is 1.81. The minimum atomic E-state index is -0.144. The lowest BCUT2D eigenvalue weighted by molar-refractivity contribution is -0.110. The lowest BCUT2D eigenvalue weighted by atomic mass is 10.0. The van der Waals surface area contributed by atoms with E-state index in [1.807, 2.05) is 18.2 Å². The molecule has 72 valence electrons. The number of thiol groups is 1. The molecule has 0 N–H and O–H groups in total. The van der Waals surface area contributed by atoms with Gasteiger partial charge in [0.2, 0.25) is 0 Å². The molecule has 0 saturated heterocycles. The molecule has 2 rings (SSSR count). The second-order valence-electron chi connectivity index (χ2n) is 3.49. The summed E-state index contributed by atoms with van der Waals surface area (Å²) in [5.74, 6) is 0.212. The van der Waals surface area contributed by atoms with E-state index in [-0.39, 0.29) is 10.9 Å². The first kappa shape index (κ1) is 9.46. The van der Waals surface area contributed by atoms with Crippen LogP contribution in [0, 0.1) is 0 Å². The fraction of sp³-hybridized carbons (Fsp3) is 0.273. The minimum absolute atomic E-state index is 0.144. The normalized spacial score (nSPS) is 14.2. The Labute approximate surface area is 87.7 Å². The Balaban J connectivity index is 2.32. The molecule has 1 aromatic carbocycles. The first-order valence-electron chi connectivity index (χ1n) is 4.53. The van der Waals surface area contributed by atoms with Gasteiger partial charge in [0, 0.05) is 18.4 Å². The molecule has 1 aliphatic rings. The highest BCUT2D eigenvalue weighted by Gasteiger charge is 2.19. The molecule has 0 atom stereocenters. The van der Waals surface area contributed by atoms with Crippen LogP contribution in [0.4, 0.5) is 0 Å². The number of rotatable bonds is 2. The second-order valence-corrected chi connectivity index (χ2v) is 3.98. The number of hydrogen-bond donors (Lipinski definition) is 1. The molecule has 3 heteroatoms. The summed E-state index contributed by atoms with van der Waals surface area (Å²) in [5, 5.41) is -0.144. The smallest absolute Gasteiger partial charge is 0.190 e. The van der Waals surface area contributed by atoms with Crippen molar-refractivity contribution < 1.29 is 9.59 Å². The zero-order chi connectivity index (χ0) is 10.1. The van der Waals surface area contributed by atoms with Gasteiger partial charge in [-0.05, 0) is 17.5 Å². The van der Waals surface area contributed by atoms with Gasteiger partial charge in [-0.2, -0.15) is 0 Å². The van der Waals surface area contributed by atoms with Gasteiger partial charge in [-0.15, -0.1) is 12.6 Å². The Morgan fingerprint density at radius 3 is 2.86 bits per heavy atom. The number of carbonyl (C=O) groups excluding carboxylic acids is 2. The summed E-state index contributed by atoms with van der Waals surface area (Å²) in [6, 6.07) is 5.58.